The Morgan fingerprint density at radius 3 is 2.57 bits per heavy atom. The lowest BCUT2D eigenvalue weighted by molar-refractivity contribution is 0.460. The van der Waals surface area contributed by atoms with Crippen LogP contribution in [0.2, 0.25) is 0 Å². The van der Waals surface area contributed by atoms with Crippen molar-refractivity contribution in [3.63, 3.8) is 0 Å². The minimum absolute atomic E-state index is 0.333. The zero-order chi connectivity index (χ0) is 10.7. The molecular formula is C12H19NO. The molecule has 1 atom stereocenters. The topological polar surface area (TPSA) is 46.2 Å². The van der Waals surface area contributed by atoms with E-state index in [4.69, 9.17) is 5.73 Å². The van der Waals surface area contributed by atoms with Crippen LogP contribution in [0.1, 0.15) is 36.0 Å². The van der Waals surface area contributed by atoms with E-state index in [-0.39, 0.29) is 0 Å². The van der Waals surface area contributed by atoms with Gasteiger partial charge < -0.3 is 10.8 Å². The highest BCUT2D eigenvalue weighted by atomic mass is 16.3. The van der Waals surface area contributed by atoms with E-state index in [2.05, 4.69) is 20.8 Å². The summed E-state index contributed by atoms with van der Waals surface area (Å²) in [6.07, 6.45) is 0.915. The third-order valence-corrected chi connectivity index (χ3v) is 2.86. The molecule has 0 aliphatic heterocycles. The SMILES string of the molecule is Cc1ccc(O)c(C(C)CCN)c1C. The molecule has 0 bridgehead atoms. The normalized spacial score (nSPS) is 12.9. The summed E-state index contributed by atoms with van der Waals surface area (Å²) in [7, 11) is 0. The summed E-state index contributed by atoms with van der Waals surface area (Å²) < 4.78 is 0. The van der Waals surface area contributed by atoms with Gasteiger partial charge in [0.15, 0.2) is 0 Å². The molecule has 0 aliphatic rings. The highest BCUT2D eigenvalue weighted by Gasteiger charge is 2.13. The Morgan fingerprint density at radius 1 is 1.36 bits per heavy atom. The van der Waals surface area contributed by atoms with Crippen LogP contribution >= 0.6 is 0 Å². The Bertz CT molecular complexity index is 320. The van der Waals surface area contributed by atoms with Gasteiger partial charge in [-0.3, -0.25) is 0 Å². The molecule has 1 aromatic rings. The summed E-state index contributed by atoms with van der Waals surface area (Å²) >= 11 is 0. The van der Waals surface area contributed by atoms with Crippen molar-refractivity contribution in [3.8, 4) is 5.75 Å². The predicted octanol–water partition coefficient (Wildman–Crippen LogP) is 2.46. The van der Waals surface area contributed by atoms with Crippen LogP contribution in [0, 0.1) is 13.8 Å². The molecule has 3 N–H and O–H groups in total. The Labute approximate surface area is 85.8 Å². The summed E-state index contributed by atoms with van der Waals surface area (Å²) in [6, 6.07) is 3.72. The first-order valence-corrected chi connectivity index (χ1v) is 5.07. The van der Waals surface area contributed by atoms with Crippen molar-refractivity contribution in [2.24, 2.45) is 5.73 Å². The molecule has 78 valence electrons. The number of benzene rings is 1. The van der Waals surface area contributed by atoms with Crippen molar-refractivity contribution in [3.05, 3.63) is 28.8 Å². The van der Waals surface area contributed by atoms with Crippen LogP contribution < -0.4 is 5.73 Å². The molecule has 2 heteroatoms. The minimum atomic E-state index is 0.333. The number of nitrogens with two attached hydrogens (primary N) is 1. The number of hydrogen-bond donors (Lipinski definition) is 2. The van der Waals surface area contributed by atoms with Gasteiger partial charge in [-0.2, -0.15) is 0 Å². The number of hydrogen-bond acceptors (Lipinski definition) is 2. The lowest BCUT2D eigenvalue weighted by Crippen LogP contribution is -2.06. The van der Waals surface area contributed by atoms with Crippen LogP contribution in [0.15, 0.2) is 12.1 Å². The average Bonchev–Trinajstić information content (AvgIpc) is 2.13. The van der Waals surface area contributed by atoms with E-state index >= 15 is 0 Å². The van der Waals surface area contributed by atoms with Crippen molar-refractivity contribution in [1.29, 1.82) is 0 Å². The molecule has 0 saturated heterocycles. The van der Waals surface area contributed by atoms with E-state index < -0.39 is 0 Å². The molecule has 0 radical (unpaired) electrons. The van der Waals surface area contributed by atoms with Gasteiger partial charge in [0.25, 0.3) is 0 Å². The van der Waals surface area contributed by atoms with E-state index in [0.717, 1.165) is 12.0 Å². The quantitative estimate of drug-likeness (QED) is 0.774. The Hall–Kier alpha value is -1.02. The van der Waals surface area contributed by atoms with E-state index in [0.29, 0.717) is 18.2 Å². The van der Waals surface area contributed by atoms with Gasteiger partial charge in [-0.05, 0) is 55.5 Å². The first-order valence-electron chi connectivity index (χ1n) is 5.07. The fraction of sp³-hybridized carbons (Fsp3) is 0.500. The van der Waals surface area contributed by atoms with E-state index in [9.17, 15) is 5.11 Å². The van der Waals surface area contributed by atoms with Crippen LogP contribution in [0.5, 0.6) is 5.75 Å². The first-order chi connectivity index (χ1) is 6.57. The summed E-state index contributed by atoms with van der Waals surface area (Å²) in [5.41, 5.74) is 8.98. The van der Waals surface area contributed by atoms with Crippen molar-refractivity contribution < 1.29 is 5.11 Å². The smallest absolute Gasteiger partial charge is 0.119 e. The zero-order valence-electron chi connectivity index (χ0n) is 9.17. The van der Waals surface area contributed by atoms with Gasteiger partial charge in [0.05, 0.1) is 0 Å². The average molecular weight is 193 g/mol. The highest BCUT2D eigenvalue weighted by molar-refractivity contribution is 5.45. The molecule has 1 aromatic carbocycles. The summed E-state index contributed by atoms with van der Waals surface area (Å²) in [5, 5.41) is 9.77. The third kappa shape index (κ3) is 2.07. The third-order valence-electron chi connectivity index (χ3n) is 2.86. The van der Waals surface area contributed by atoms with Gasteiger partial charge in [0.2, 0.25) is 0 Å². The maximum absolute atomic E-state index is 9.77. The number of aryl methyl sites for hydroxylation is 1. The molecule has 0 heterocycles. The Balaban J connectivity index is 3.11. The summed E-state index contributed by atoms with van der Waals surface area (Å²) in [5.74, 6) is 0.731. The minimum Gasteiger partial charge on any atom is -0.508 e. The maximum atomic E-state index is 9.77. The fourth-order valence-electron chi connectivity index (χ4n) is 1.84. The molecular weight excluding hydrogens is 174 g/mol. The molecule has 14 heavy (non-hydrogen) atoms. The van der Waals surface area contributed by atoms with Crippen molar-refractivity contribution >= 4 is 0 Å². The van der Waals surface area contributed by atoms with E-state index in [1.54, 1.807) is 6.07 Å². The predicted molar refractivity (Wildman–Crippen MR) is 59.7 cm³/mol. The Morgan fingerprint density at radius 2 is 2.00 bits per heavy atom. The lowest BCUT2D eigenvalue weighted by Gasteiger charge is -2.17. The van der Waals surface area contributed by atoms with Gasteiger partial charge in [0.1, 0.15) is 5.75 Å². The van der Waals surface area contributed by atoms with Gasteiger partial charge in [-0.1, -0.05) is 13.0 Å². The molecule has 0 amide bonds. The monoisotopic (exact) mass is 193 g/mol. The standard InChI is InChI=1S/C12H19NO/c1-8-4-5-11(14)12(10(8)3)9(2)6-7-13/h4-5,9,14H,6-7,13H2,1-3H3. The molecule has 0 spiro atoms. The maximum Gasteiger partial charge on any atom is 0.119 e. The number of phenols is 1. The van der Waals surface area contributed by atoms with Crippen LogP contribution in [0.25, 0.3) is 0 Å². The van der Waals surface area contributed by atoms with Crippen molar-refractivity contribution in [2.75, 3.05) is 6.54 Å². The molecule has 0 aliphatic carbocycles. The highest BCUT2D eigenvalue weighted by Crippen LogP contribution is 2.32. The zero-order valence-corrected chi connectivity index (χ0v) is 9.17. The molecule has 1 rings (SSSR count). The number of rotatable bonds is 3. The van der Waals surface area contributed by atoms with E-state index in [1.807, 2.05) is 6.07 Å². The molecule has 0 aromatic heterocycles. The molecule has 1 unspecified atom stereocenters. The van der Waals surface area contributed by atoms with Crippen molar-refractivity contribution in [2.45, 2.75) is 33.1 Å². The van der Waals surface area contributed by atoms with Gasteiger partial charge in [-0.15, -0.1) is 0 Å². The second-order valence-corrected chi connectivity index (χ2v) is 3.92. The van der Waals surface area contributed by atoms with Crippen LogP contribution in [0.3, 0.4) is 0 Å². The molecule has 0 fully saturated rings. The second kappa shape index (κ2) is 4.47. The fourth-order valence-corrected chi connectivity index (χ4v) is 1.84. The van der Waals surface area contributed by atoms with Gasteiger partial charge >= 0.3 is 0 Å². The number of phenolic OH excluding ortho intramolecular Hbond substituents is 1. The molecule has 0 saturated carbocycles. The van der Waals surface area contributed by atoms with Crippen molar-refractivity contribution in [1.82, 2.24) is 0 Å². The lowest BCUT2D eigenvalue weighted by atomic mass is 9.90. The largest absolute Gasteiger partial charge is 0.508 e. The first kappa shape index (κ1) is 11.1. The Kier molecular flexibility index (Phi) is 3.53. The van der Waals surface area contributed by atoms with Crippen LogP contribution in [-0.2, 0) is 0 Å². The molecule has 2 nitrogen and oxygen atoms in total. The van der Waals surface area contributed by atoms with Gasteiger partial charge in [-0.25, -0.2) is 0 Å². The van der Waals surface area contributed by atoms with E-state index in [1.165, 1.54) is 11.1 Å². The second-order valence-electron chi connectivity index (χ2n) is 3.92. The number of aromatic hydroxyl groups is 1. The summed E-state index contributed by atoms with van der Waals surface area (Å²) in [4.78, 5) is 0. The van der Waals surface area contributed by atoms with Gasteiger partial charge in [0, 0.05) is 0 Å². The van der Waals surface area contributed by atoms with Crippen LogP contribution in [-0.4, -0.2) is 11.7 Å². The van der Waals surface area contributed by atoms with Crippen LogP contribution in [0.4, 0.5) is 0 Å². The summed E-state index contributed by atoms with van der Waals surface area (Å²) in [6.45, 7) is 6.88.